The van der Waals surface area contributed by atoms with E-state index in [9.17, 15) is 57.9 Å². The fraction of sp³-hybridized carbons (Fsp3) is 0.680. The van der Waals surface area contributed by atoms with Gasteiger partial charge in [-0.2, -0.15) is 4.31 Å². The van der Waals surface area contributed by atoms with E-state index in [-0.39, 0.29) is 47.5 Å². The van der Waals surface area contributed by atoms with Gasteiger partial charge in [-0.3, -0.25) is 32.5 Å². The summed E-state index contributed by atoms with van der Waals surface area (Å²) in [4.78, 5) is 86.9. The highest BCUT2D eigenvalue weighted by Crippen LogP contribution is 2.61. The number of carbonyl (C=O) groups is 3. The van der Waals surface area contributed by atoms with Gasteiger partial charge in [-0.25, -0.2) is 28.6 Å². The molecule has 0 spiro atoms. The minimum absolute atomic E-state index is 0.0174. The predicted octanol–water partition coefficient (Wildman–Crippen LogP) is -0.679. The average molecular weight is 838 g/mol. The number of rotatable bonds is 20. The molecule has 0 saturated carbocycles. The highest BCUT2D eigenvalue weighted by atomic mass is 32.2. The molecule has 1 aliphatic heterocycles. The number of amides is 2. The minimum Gasteiger partial charge on any atom is -0.386 e. The van der Waals surface area contributed by atoms with Crippen molar-refractivity contribution in [3.05, 3.63) is 12.7 Å². The van der Waals surface area contributed by atoms with Crippen LogP contribution in [-0.4, -0.2) is 123 Å². The Hall–Kier alpha value is -2.44. The van der Waals surface area contributed by atoms with Crippen LogP contribution < -0.4 is 16.4 Å². The van der Waals surface area contributed by atoms with E-state index in [1.165, 1.54) is 13.8 Å². The lowest BCUT2D eigenvalue weighted by molar-refractivity contribution is -0.137. The Kier molecular flexibility index (Phi) is 15.7. The van der Waals surface area contributed by atoms with E-state index < -0.39 is 84.6 Å². The molecule has 3 unspecified atom stereocenters. The van der Waals surface area contributed by atoms with Crippen LogP contribution in [-0.2, 0) is 50.7 Å². The fourth-order valence-corrected chi connectivity index (χ4v) is 8.02. The third kappa shape index (κ3) is 13.4. The first-order valence-electron chi connectivity index (χ1n) is 15.5. The topological polar surface area (TPSA) is 364 Å². The van der Waals surface area contributed by atoms with Crippen molar-refractivity contribution in [2.24, 2.45) is 11.3 Å². The number of carbonyl (C=O) groups excluding carboxylic acids is 3. The number of anilines is 1. The van der Waals surface area contributed by atoms with Crippen molar-refractivity contribution in [2.45, 2.75) is 64.8 Å². The van der Waals surface area contributed by atoms with Crippen molar-refractivity contribution >= 4 is 69.1 Å². The van der Waals surface area contributed by atoms with E-state index in [0.717, 1.165) is 29.0 Å². The number of nitrogens with zero attached hydrogens (tertiary/aromatic N) is 4. The van der Waals surface area contributed by atoms with Crippen molar-refractivity contribution in [2.75, 3.05) is 37.8 Å². The number of phosphoric acid groups is 3. The Morgan fingerprint density at radius 2 is 1.72 bits per heavy atom. The third-order valence-corrected chi connectivity index (χ3v) is 11.5. The number of aliphatic hydroxyl groups excluding tert-OH is 2. The molecule has 0 radical (unpaired) electrons. The number of aromatic nitrogens is 4. The standard InChI is InChI=1S/C25H42N7O17P3S/c1-13(2)24(37)53-8-7-27-15(33)5-6-28-22(36)19(35)25(3,4)10-46-52(43,44)49-51(41,42)45-9-14-18(48-50(38,39)40)17(34)23(47-14)32-12-31-16-20(26)29-11-30-21(16)32/h11-14,17-19,23,34-35H,5-10H2,1-4H3,(H,27,33)(H,28,36)(H,41,42)(H,43,44)(H2,26,29,30)(H2,38,39,40)/t14-,17-,18-,19?,23-/m1/s1. The van der Waals surface area contributed by atoms with Crippen LogP contribution in [0, 0.1) is 11.3 Å². The van der Waals surface area contributed by atoms with Gasteiger partial charge in [-0.1, -0.05) is 39.5 Å². The zero-order valence-electron chi connectivity index (χ0n) is 28.7. The van der Waals surface area contributed by atoms with Crippen LogP contribution in [0.25, 0.3) is 11.2 Å². The summed E-state index contributed by atoms with van der Waals surface area (Å²) in [5.74, 6) is -1.22. The van der Waals surface area contributed by atoms with Crippen LogP contribution in [0.2, 0.25) is 0 Å². The average Bonchev–Trinajstić information content (AvgIpc) is 3.60. The molecule has 10 N–H and O–H groups in total. The number of fused-ring (bicyclic) bond motifs is 1. The molecule has 0 aliphatic carbocycles. The predicted molar refractivity (Wildman–Crippen MR) is 182 cm³/mol. The summed E-state index contributed by atoms with van der Waals surface area (Å²) in [6, 6.07) is 0. The normalized spacial score (nSPS) is 22.3. The van der Waals surface area contributed by atoms with Crippen molar-refractivity contribution in [1.82, 2.24) is 30.2 Å². The van der Waals surface area contributed by atoms with Gasteiger partial charge >= 0.3 is 23.5 Å². The highest BCUT2D eigenvalue weighted by molar-refractivity contribution is 8.13. The van der Waals surface area contributed by atoms with Crippen molar-refractivity contribution < 1.29 is 80.5 Å². The summed E-state index contributed by atoms with van der Waals surface area (Å²) >= 11 is 1.08. The number of thioether (sulfide) groups is 1. The lowest BCUT2D eigenvalue weighted by Gasteiger charge is -2.30. The molecule has 3 rings (SSSR count). The zero-order valence-corrected chi connectivity index (χ0v) is 32.2. The van der Waals surface area contributed by atoms with E-state index in [1.807, 2.05) is 0 Å². The van der Waals surface area contributed by atoms with Crippen LogP contribution in [0.1, 0.15) is 40.3 Å². The van der Waals surface area contributed by atoms with Crippen LogP contribution in [0.4, 0.5) is 5.82 Å². The van der Waals surface area contributed by atoms with Crippen molar-refractivity contribution in [1.29, 1.82) is 0 Å². The SMILES string of the molecule is CC(C)C(=O)SCCNC(=O)CCNC(=O)C(O)C(C)(C)COP(=O)(O)OP(=O)(O)OC[C@H]1O[C@@H](n2cnc3c(N)ncnc32)[C@H](O)[C@@H]1OP(=O)(O)O. The maximum Gasteiger partial charge on any atom is 0.481 e. The largest absolute Gasteiger partial charge is 0.481 e. The van der Waals surface area contributed by atoms with Crippen LogP contribution in [0.15, 0.2) is 12.7 Å². The quantitative estimate of drug-likeness (QED) is 0.0589. The summed E-state index contributed by atoms with van der Waals surface area (Å²) in [5.41, 5.74) is 4.26. The monoisotopic (exact) mass is 837 g/mol. The lowest BCUT2D eigenvalue weighted by atomic mass is 9.87. The summed E-state index contributed by atoms with van der Waals surface area (Å²) in [5, 5.41) is 26.3. The Bertz CT molecular complexity index is 1760. The molecule has 1 fully saturated rings. The molecule has 2 aromatic rings. The van der Waals surface area contributed by atoms with Crippen LogP contribution in [0.3, 0.4) is 0 Å². The number of nitrogens with one attached hydrogen (secondary N) is 2. The Labute approximate surface area is 306 Å². The molecule has 0 bridgehead atoms. The third-order valence-electron chi connectivity index (χ3n) is 7.22. The summed E-state index contributed by atoms with van der Waals surface area (Å²) in [7, 11) is -16.4. The van der Waals surface area contributed by atoms with E-state index >= 15 is 0 Å². The molecule has 28 heteroatoms. The lowest BCUT2D eigenvalue weighted by Crippen LogP contribution is -2.46. The summed E-state index contributed by atoms with van der Waals surface area (Å²) < 4.78 is 61.9. The van der Waals surface area contributed by atoms with Gasteiger partial charge in [0.2, 0.25) is 11.8 Å². The molecule has 1 saturated heterocycles. The second-order valence-corrected chi connectivity index (χ2v) is 17.7. The fourth-order valence-electron chi connectivity index (χ4n) is 4.45. The molecule has 7 atom stereocenters. The van der Waals surface area contributed by atoms with Crippen molar-refractivity contribution in [3.8, 4) is 0 Å². The molecule has 3 heterocycles. The molecule has 2 amide bonds. The number of hydrogen-bond acceptors (Lipinski definition) is 18. The Morgan fingerprint density at radius 3 is 2.36 bits per heavy atom. The number of nitrogens with two attached hydrogens (primary N) is 1. The molecule has 2 aromatic heterocycles. The van der Waals surface area contributed by atoms with Gasteiger partial charge in [0.25, 0.3) is 0 Å². The number of ether oxygens (including phenoxy) is 1. The van der Waals surface area contributed by atoms with Gasteiger partial charge in [0, 0.05) is 36.6 Å². The molecule has 24 nitrogen and oxygen atoms in total. The number of nitrogen functional groups attached to an aromatic ring is 1. The zero-order chi connectivity index (χ0) is 39.9. The first-order chi connectivity index (χ1) is 24.4. The first kappa shape index (κ1) is 45.0. The van der Waals surface area contributed by atoms with Gasteiger partial charge in [-0.05, 0) is 0 Å². The minimum atomic E-state index is -5.56. The molecule has 53 heavy (non-hydrogen) atoms. The van der Waals surface area contributed by atoms with Crippen LogP contribution >= 0.6 is 35.2 Å². The molecular weight excluding hydrogens is 795 g/mol. The highest BCUT2D eigenvalue weighted by Gasteiger charge is 2.50. The van der Waals surface area contributed by atoms with E-state index in [1.54, 1.807) is 13.8 Å². The first-order valence-corrected chi connectivity index (χ1v) is 21.0. The van der Waals surface area contributed by atoms with E-state index in [0.29, 0.717) is 5.75 Å². The van der Waals surface area contributed by atoms with Crippen molar-refractivity contribution in [3.63, 3.8) is 0 Å². The molecule has 300 valence electrons. The second kappa shape index (κ2) is 18.5. The second-order valence-electron chi connectivity index (χ2n) is 12.4. The van der Waals surface area contributed by atoms with E-state index in [2.05, 4.69) is 34.4 Å². The van der Waals surface area contributed by atoms with Gasteiger partial charge in [-0.15, -0.1) is 0 Å². The number of aliphatic hydroxyl groups is 2. The van der Waals surface area contributed by atoms with Gasteiger partial charge in [0.05, 0.1) is 19.5 Å². The Morgan fingerprint density at radius 1 is 1.06 bits per heavy atom. The van der Waals surface area contributed by atoms with Crippen LogP contribution in [0.5, 0.6) is 0 Å². The number of phosphoric ester groups is 3. The maximum absolute atomic E-state index is 12.6. The molecular formula is C25H42N7O17P3S. The molecule has 0 aromatic carbocycles. The smallest absolute Gasteiger partial charge is 0.386 e. The Balaban J connectivity index is 1.52. The maximum atomic E-state index is 12.6. The van der Waals surface area contributed by atoms with Gasteiger partial charge in [0.15, 0.2) is 22.8 Å². The summed E-state index contributed by atoms with van der Waals surface area (Å²) in [6.45, 7) is 4.03. The van der Waals surface area contributed by atoms with E-state index in [4.69, 9.17) is 19.5 Å². The number of imidazole rings is 1. The van der Waals surface area contributed by atoms with Gasteiger partial charge < -0.3 is 50.9 Å². The van der Waals surface area contributed by atoms with Gasteiger partial charge in [0.1, 0.15) is 36.3 Å². The number of hydrogen-bond donors (Lipinski definition) is 9. The molecule has 1 aliphatic rings. The summed E-state index contributed by atoms with van der Waals surface area (Å²) in [6.07, 6.45) is -6.89.